The van der Waals surface area contributed by atoms with Gasteiger partial charge in [-0.2, -0.15) is 0 Å². The molecule has 0 amide bonds. The van der Waals surface area contributed by atoms with Crippen molar-refractivity contribution in [3.05, 3.63) is 114 Å². The van der Waals surface area contributed by atoms with Gasteiger partial charge in [0.1, 0.15) is 0 Å². The van der Waals surface area contributed by atoms with Gasteiger partial charge >= 0.3 is 0 Å². The fraction of sp³-hybridized carbons (Fsp3) is 0.192. The van der Waals surface area contributed by atoms with E-state index in [-0.39, 0.29) is 12.1 Å². The molecule has 4 heterocycles. The van der Waals surface area contributed by atoms with Crippen molar-refractivity contribution < 1.29 is 0 Å². The van der Waals surface area contributed by atoms with Gasteiger partial charge in [-0.15, -0.1) is 0 Å². The van der Waals surface area contributed by atoms with E-state index in [0.717, 1.165) is 22.8 Å². The van der Waals surface area contributed by atoms with Crippen LogP contribution in [0.3, 0.4) is 0 Å². The smallest absolute Gasteiger partial charge is 0.170 e. The SMILES string of the molecule is Cc1ccc(-n2cccc2[C@H]2[C@H](c3ccccn3)NC(=S)N2Cc2ccccn2)cc1C. The number of benzene rings is 1. The van der Waals surface area contributed by atoms with Crippen LogP contribution in [0.15, 0.2) is 85.3 Å². The highest BCUT2D eigenvalue weighted by molar-refractivity contribution is 7.80. The second-order valence-electron chi connectivity index (χ2n) is 8.15. The highest BCUT2D eigenvalue weighted by Crippen LogP contribution is 2.40. The Balaban J connectivity index is 1.61. The largest absolute Gasteiger partial charge is 0.352 e. The molecular weight excluding hydrogens is 414 g/mol. The normalized spacial score (nSPS) is 18.1. The zero-order valence-corrected chi connectivity index (χ0v) is 19.0. The minimum Gasteiger partial charge on any atom is -0.352 e. The van der Waals surface area contributed by atoms with Crippen LogP contribution in [-0.4, -0.2) is 24.5 Å². The molecule has 5 rings (SSSR count). The molecule has 0 spiro atoms. The van der Waals surface area contributed by atoms with Crippen molar-refractivity contribution in [2.75, 3.05) is 0 Å². The van der Waals surface area contributed by atoms with Crippen LogP contribution in [0.2, 0.25) is 0 Å². The number of hydrogen-bond acceptors (Lipinski definition) is 3. The van der Waals surface area contributed by atoms with Crippen LogP contribution in [-0.2, 0) is 6.54 Å². The summed E-state index contributed by atoms with van der Waals surface area (Å²) in [5.74, 6) is 0. The molecule has 0 radical (unpaired) electrons. The van der Waals surface area contributed by atoms with Crippen LogP contribution < -0.4 is 5.32 Å². The van der Waals surface area contributed by atoms with E-state index in [1.165, 1.54) is 11.1 Å². The Morgan fingerprint density at radius 3 is 2.44 bits per heavy atom. The maximum absolute atomic E-state index is 5.82. The number of nitrogens with one attached hydrogen (secondary N) is 1. The standard InChI is InChI=1S/C26H25N5S/c1-18-11-12-21(16-19(18)2)30-15-7-10-23(30)25-24(22-9-4-6-14-28-22)29-26(32)31(25)17-20-8-3-5-13-27-20/h3-16,24-25H,17H2,1-2H3,(H,29,32)/t24-,25-/m0/s1. The first-order valence-electron chi connectivity index (χ1n) is 10.7. The van der Waals surface area contributed by atoms with Crippen molar-refractivity contribution in [1.82, 2.24) is 24.8 Å². The summed E-state index contributed by atoms with van der Waals surface area (Å²) in [6.45, 7) is 4.91. The van der Waals surface area contributed by atoms with E-state index in [0.29, 0.717) is 11.7 Å². The highest BCUT2D eigenvalue weighted by Gasteiger charge is 2.41. The van der Waals surface area contributed by atoms with Gasteiger partial charge in [0.25, 0.3) is 0 Å². The first-order chi connectivity index (χ1) is 15.6. The van der Waals surface area contributed by atoms with Gasteiger partial charge in [0.15, 0.2) is 5.11 Å². The molecule has 3 aromatic heterocycles. The van der Waals surface area contributed by atoms with E-state index < -0.39 is 0 Å². The molecule has 4 aromatic rings. The lowest BCUT2D eigenvalue weighted by molar-refractivity contribution is 0.299. The van der Waals surface area contributed by atoms with Crippen molar-refractivity contribution in [3.63, 3.8) is 0 Å². The predicted molar refractivity (Wildman–Crippen MR) is 130 cm³/mol. The van der Waals surface area contributed by atoms with Crippen LogP contribution in [0.25, 0.3) is 5.69 Å². The summed E-state index contributed by atoms with van der Waals surface area (Å²) in [5, 5.41) is 4.24. The number of thiocarbonyl (C=S) groups is 1. The summed E-state index contributed by atoms with van der Waals surface area (Å²) < 4.78 is 2.26. The van der Waals surface area contributed by atoms with E-state index in [1.807, 2.05) is 42.7 Å². The second-order valence-corrected chi connectivity index (χ2v) is 8.53. The van der Waals surface area contributed by atoms with E-state index in [9.17, 15) is 0 Å². The van der Waals surface area contributed by atoms with Gasteiger partial charge in [0.05, 0.1) is 30.0 Å². The number of rotatable bonds is 5. The first kappa shape index (κ1) is 20.4. The Bertz CT molecular complexity index is 1240. The predicted octanol–water partition coefficient (Wildman–Crippen LogP) is 5.06. The number of pyridine rings is 2. The number of aryl methyl sites for hydroxylation is 2. The van der Waals surface area contributed by atoms with Gasteiger partial charge in [-0.3, -0.25) is 9.97 Å². The summed E-state index contributed by atoms with van der Waals surface area (Å²) >= 11 is 5.82. The molecule has 0 aliphatic carbocycles. The Hall–Kier alpha value is -3.51. The average Bonchev–Trinajstić information content (AvgIpc) is 3.42. The van der Waals surface area contributed by atoms with Crippen molar-refractivity contribution in [2.45, 2.75) is 32.5 Å². The quantitative estimate of drug-likeness (QED) is 0.441. The number of nitrogens with zero attached hydrogens (tertiary/aromatic N) is 4. The first-order valence-corrected chi connectivity index (χ1v) is 11.2. The maximum atomic E-state index is 5.82. The molecule has 1 fully saturated rings. The molecule has 160 valence electrons. The topological polar surface area (TPSA) is 46.0 Å². The molecule has 0 bridgehead atoms. The summed E-state index contributed by atoms with van der Waals surface area (Å²) in [4.78, 5) is 11.4. The summed E-state index contributed by atoms with van der Waals surface area (Å²) in [5.41, 5.74) is 6.81. The van der Waals surface area contributed by atoms with Gasteiger partial charge < -0.3 is 14.8 Å². The summed E-state index contributed by atoms with van der Waals surface area (Å²) in [7, 11) is 0. The number of aromatic nitrogens is 3. The molecule has 1 aliphatic heterocycles. The molecule has 1 aliphatic rings. The van der Waals surface area contributed by atoms with E-state index >= 15 is 0 Å². The minimum absolute atomic E-state index is 0.0315. The van der Waals surface area contributed by atoms with Gasteiger partial charge in [0.2, 0.25) is 0 Å². The fourth-order valence-corrected chi connectivity index (χ4v) is 4.61. The Labute approximate surface area is 193 Å². The molecular formula is C26H25N5S. The second kappa shape index (κ2) is 8.55. The Morgan fingerprint density at radius 1 is 0.906 bits per heavy atom. The van der Waals surface area contributed by atoms with Crippen LogP contribution in [0.4, 0.5) is 0 Å². The Morgan fingerprint density at radius 2 is 1.72 bits per heavy atom. The van der Waals surface area contributed by atoms with Crippen molar-refractivity contribution in [2.24, 2.45) is 0 Å². The third-order valence-electron chi connectivity index (χ3n) is 6.11. The van der Waals surface area contributed by atoms with Crippen molar-refractivity contribution in [3.8, 4) is 5.69 Å². The van der Waals surface area contributed by atoms with E-state index in [1.54, 1.807) is 0 Å². The minimum atomic E-state index is -0.0624. The van der Waals surface area contributed by atoms with Gasteiger partial charge in [-0.25, -0.2) is 0 Å². The zero-order valence-electron chi connectivity index (χ0n) is 18.1. The third kappa shape index (κ3) is 3.78. The fourth-order valence-electron chi connectivity index (χ4n) is 4.31. The van der Waals surface area contributed by atoms with E-state index in [2.05, 4.69) is 81.2 Å². The molecule has 1 aromatic carbocycles. The molecule has 5 nitrogen and oxygen atoms in total. The average molecular weight is 440 g/mol. The lowest BCUT2D eigenvalue weighted by Gasteiger charge is -2.28. The lowest BCUT2D eigenvalue weighted by Crippen LogP contribution is -2.30. The van der Waals surface area contributed by atoms with Crippen molar-refractivity contribution in [1.29, 1.82) is 0 Å². The van der Waals surface area contributed by atoms with Crippen LogP contribution in [0, 0.1) is 13.8 Å². The Kier molecular flexibility index (Phi) is 5.45. The molecule has 2 atom stereocenters. The highest BCUT2D eigenvalue weighted by atomic mass is 32.1. The molecule has 0 unspecified atom stereocenters. The zero-order chi connectivity index (χ0) is 22.1. The lowest BCUT2D eigenvalue weighted by atomic mass is 10.0. The maximum Gasteiger partial charge on any atom is 0.170 e. The monoisotopic (exact) mass is 439 g/mol. The van der Waals surface area contributed by atoms with Crippen molar-refractivity contribution >= 4 is 17.3 Å². The summed E-state index contributed by atoms with van der Waals surface area (Å²) in [6.07, 6.45) is 5.78. The van der Waals surface area contributed by atoms with Gasteiger partial charge in [-0.1, -0.05) is 18.2 Å². The molecule has 1 saturated heterocycles. The summed E-state index contributed by atoms with van der Waals surface area (Å²) in [6, 6.07) is 22.8. The van der Waals surface area contributed by atoms with Crippen LogP contribution in [0.1, 0.15) is 40.3 Å². The van der Waals surface area contributed by atoms with Crippen LogP contribution >= 0.6 is 12.2 Å². The molecule has 32 heavy (non-hydrogen) atoms. The van der Waals surface area contributed by atoms with Gasteiger partial charge in [-0.05, 0) is 85.7 Å². The van der Waals surface area contributed by atoms with Gasteiger partial charge in [0, 0.05) is 30.0 Å². The number of hydrogen-bond donors (Lipinski definition) is 1. The molecule has 6 heteroatoms. The van der Waals surface area contributed by atoms with E-state index in [4.69, 9.17) is 12.2 Å². The molecule has 0 saturated carbocycles. The molecule has 1 N–H and O–H groups in total. The third-order valence-corrected chi connectivity index (χ3v) is 6.46. The van der Waals surface area contributed by atoms with Crippen LogP contribution in [0.5, 0.6) is 0 Å².